The second-order valence-corrected chi connectivity index (χ2v) is 6.43. The molecule has 0 saturated heterocycles. The highest BCUT2D eigenvalue weighted by atomic mass is 15.3. The summed E-state index contributed by atoms with van der Waals surface area (Å²) in [5, 5.41) is 15.7. The van der Waals surface area contributed by atoms with Gasteiger partial charge >= 0.3 is 0 Å². The van der Waals surface area contributed by atoms with Crippen molar-refractivity contribution in [2.75, 3.05) is 11.1 Å². The Morgan fingerprint density at radius 2 is 2.00 bits per heavy atom. The Kier molecular flexibility index (Phi) is 4.10. The van der Waals surface area contributed by atoms with Gasteiger partial charge in [-0.2, -0.15) is 15.2 Å². The number of hydrogen-bond donors (Lipinski definition) is 3. The molecule has 4 heterocycles. The van der Waals surface area contributed by atoms with Crippen molar-refractivity contribution in [3.8, 4) is 17.1 Å². The number of nitrogens with two attached hydrogens (primary N) is 1. The first kappa shape index (κ1) is 16.9. The molecule has 4 N–H and O–H groups in total. The van der Waals surface area contributed by atoms with Gasteiger partial charge in [-0.3, -0.25) is 5.10 Å². The number of anilines is 2. The molecule has 5 rings (SSSR count). The maximum atomic E-state index is 5.93. The van der Waals surface area contributed by atoms with E-state index in [9.17, 15) is 0 Å². The van der Waals surface area contributed by atoms with Gasteiger partial charge < -0.3 is 11.1 Å². The van der Waals surface area contributed by atoms with Crippen LogP contribution in [0.4, 0.5) is 11.8 Å². The van der Waals surface area contributed by atoms with Gasteiger partial charge in [-0.05, 0) is 36.4 Å². The summed E-state index contributed by atoms with van der Waals surface area (Å²) in [6.45, 7) is 0.494. The fourth-order valence-corrected chi connectivity index (χ4v) is 3.11. The van der Waals surface area contributed by atoms with Crippen molar-refractivity contribution in [2.24, 2.45) is 0 Å². The number of nitrogens with one attached hydrogen (secondary N) is 2. The molecule has 0 aliphatic rings. The molecule has 29 heavy (non-hydrogen) atoms. The molecule has 0 atom stereocenters. The Morgan fingerprint density at radius 3 is 2.83 bits per heavy atom. The van der Waals surface area contributed by atoms with Crippen LogP contribution in [0, 0.1) is 0 Å². The van der Waals surface area contributed by atoms with Crippen molar-refractivity contribution in [1.29, 1.82) is 0 Å². The number of pyridine rings is 1. The number of H-pyrrole nitrogens is 1. The summed E-state index contributed by atoms with van der Waals surface area (Å²) in [7, 11) is 0. The first-order valence-electron chi connectivity index (χ1n) is 9.03. The third-order valence-electron chi connectivity index (χ3n) is 4.49. The lowest BCUT2D eigenvalue weighted by Crippen LogP contribution is -2.06. The SMILES string of the molecule is Nc1nc(NCc2ccn(-c3ccccn3)n2)c2ccc(-c3ccn[nH]3)cc2n1. The summed E-state index contributed by atoms with van der Waals surface area (Å²) in [5.74, 6) is 1.64. The Hall–Kier alpha value is -4.27. The maximum absolute atomic E-state index is 5.93. The van der Waals surface area contributed by atoms with Gasteiger partial charge in [-0.15, -0.1) is 0 Å². The zero-order chi connectivity index (χ0) is 19.6. The molecule has 9 heteroatoms. The third-order valence-corrected chi connectivity index (χ3v) is 4.49. The molecule has 0 aliphatic carbocycles. The van der Waals surface area contributed by atoms with E-state index in [0.717, 1.165) is 33.7 Å². The summed E-state index contributed by atoms with van der Waals surface area (Å²) in [5.41, 5.74) is 9.44. The molecular weight excluding hydrogens is 366 g/mol. The molecule has 5 aromatic rings. The Morgan fingerprint density at radius 1 is 1.03 bits per heavy atom. The van der Waals surface area contributed by atoms with Gasteiger partial charge in [-0.1, -0.05) is 12.1 Å². The number of rotatable bonds is 5. The predicted molar refractivity (Wildman–Crippen MR) is 110 cm³/mol. The van der Waals surface area contributed by atoms with Crippen LogP contribution in [0.2, 0.25) is 0 Å². The lowest BCUT2D eigenvalue weighted by molar-refractivity contribution is 0.817. The zero-order valence-electron chi connectivity index (χ0n) is 15.3. The fraction of sp³-hybridized carbons (Fsp3) is 0.0500. The molecule has 9 nitrogen and oxygen atoms in total. The lowest BCUT2D eigenvalue weighted by atomic mass is 10.1. The van der Waals surface area contributed by atoms with Gasteiger partial charge in [0.15, 0.2) is 5.82 Å². The van der Waals surface area contributed by atoms with Gasteiger partial charge in [0.1, 0.15) is 5.82 Å². The fourth-order valence-electron chi connectivity index (χ4n) is 3.11. The van der Waals surface area contributed by atoms with Crippen molar-refractivity contribution >= 4 is 22.7 Å². The van der Waals surface area contributed by atoms with E-state index in [0.29, 0.717) is 12.4 Å². The zero-order valence-corrected chi connectivity index (χ0v) is 15.3. The quantitative estimate of drug-likeness (QED) is 0.426. The van der Waals surface area contributed by atoms with E-state index in [1.807, 2.05) is 54.7 Å². The number of benzene rings is 1. The monoisotopic (exact) mass is 383 g/mol. The van der Waals surface area contributed by atoms with Crippen LogP contribution in [0.3, 0.4) is 0 Å². The first-order valence-corrected chi connectivity index (χ1v) is 9.03. The molecule has 0 bridgehead atoms. The third kappa shape index (κ3) is 3.36. The second-order valence-electron chi connectivity index (χ2n) is 6.43. The molecule has 0 radical (unpaired) electrons. The van der Waals surface area contributed by atoms with Gasteiger partial charge in [0.2, 0.25) is 5.95 Å². The van der Waals surface area contributed by atoms with Gasteiger partial charge in [0, 0.05) is 29.5 Å². The van der Waals surface area contributed by atoms with Crippen molar-refractivity contribution in [3.63, 3.8) is 0 Å². The summed E-state index contributed by atoms with van der Waals surface area (Å²) >= 11 is 0. The van der Waals surface area contributed by atoms with Crippen LogP contribution in [-0.4, -0.2) is 34.9 Å². The van der Waals surface area contributed by atoms with Crippen LogP contribution < -0.4 is 11.1 Å². The van der Waals surface area contributed by atoms with Crippen molar-refractivity contribution in [1.82, 2.24) is 34.9 Å². The van der Waals surface area contributed by atoms with Crippen LogP contribution in [0.1, 0.15) is 5.69 Å². The van der Waals surface area contributed by atoms with Gasteiger partial charge in [-0.25, -0.2) is 14.6 Å². The molecule has 0 spiro atoms. The van der Waals surface area contributed by atoms with Crippen molar-refractivity contribution in [2.45, 2.75) is 6.54 Å². The normalized spacial score (nSPS) is 11.0. The van der Waals surface area contributed by atoms with E-state index in [2.05, 4.69) is 35.6 Å². The molecule has 142 valence electrons. The predicted octanol–water partition coefficient (Wildman–Crippen LogP) is 2.79. The molecule has 4 aromatic heterocycles. The van der Waals surface area contributed by atoms with E-state index >= 15 is 0 Å². The highest BCUT2D eigenvalue weighted by molar-refractivity contribution is 5.92. The first-order chi connectivity index (χ1) is 14.3. The van der Waals surface area contributed by atoms with Crippen LogP contribution in [0.25, 0.3) is 28.0 Å². The van der Waals surface area contributed by atoms with E-state index < -0.39 is 0 Å². The Balaban J connectivity index is 1.41. The molecule has 0 saturated carbocycles. The number of fused-ring (bicyclic) bond motifs is 1. The summed E-state index contributed by atoms with van der Waals surface area (Å²) < 4.78 is 1.74. The van der Waals surface area contributed by atoms with Crippen LogP contribution in [-0.2, 0) is 6.54 Å². The summed E-state index contributed by atoms with van der Waals surface area (Å²) in [6, 6.07) is 15.5. The van der Waals surface area contributed by atoms with E-state index in [4.69, 9.17) is 5.73 Å². The second kappa shape index (κ2) is 7.04. The maximum Gasteiger partial charge on any atom is 0.222 e. The van der Waals surface area contributed by atoms with E-state index in [1.54, 1.807) is 17.1 Å². The highest BCUT2D eigenvalue weighted by Gasteiger charge is 2.10. The number of nitrogen functional groups attached to an aromatic ring is 1. The smallest absolute Gasteiger partial charge is 0.222 e. The Bertz CT molecular complexity index is 1260. The highest BCUT2D eigenvalue weighted by Crippen LogP contribution is 2.26. The number of aromatic nitrogens is 7. The van der Waals surface area contributed by atoms with Crippen LogP contribution in [0.15, 0.2) is 67.1 Å². The van der Waals surface area contributed by atoms with E-state index in [-0.39, 0.29) is 5.95 Å². The summed E-state index contributed by atoms with van der Waals surface area (Å²) in [4.78, 5) is 13.0. The molecule has 0 aliphatic heterocycles. The van der Waals surface area contributed by atoms with Gasteiger partial charge in [0.25, 0.3) is 0 Å². The lowest BCUT2D eigenvalue weighted by Gasteiger charge is -2.09. The molecular formula is C20H17N9. The minimum absolute atomic E-state index is 0.209. The topological polar surface area (TPSA) is 123 Å². The molecule has 0 fully saturated rings. The molecule has 0 amide bonds. The van der Waals surface area contributed by atoms with Gasteiger partial charge in [0.05, 0.1) is 23.4 Å². The minimum Gasteiger partial charge on any atom is -0.368 e. The average molecular weight is 383 g/mol. The number of nitrogens with zero attached hydrogens (tertiary/aromatic N) is 6. The standard InChI is InChI=1S/C20H17N9/c21-20-25-17-11-13(16-6-9-24-27-16)4-5-15(17)19(26-20)23-12-14-7-10-29(28-14)18-3-1-2-8-22-18/h1-11H,12H2,(H,24,27)(H3,21,23,25,26). The Labute approximate surface area is 165 Å². The van der Waals surface area contributed by atoms with Crippen LogP contribution in [0.5, 0.6) is 0 Å². The van der Waals surface area contributed by atoms with Crippen molar-refractivity contribution < 1.29 is 0 Å². The number of aromatic amines is 1. The molecule has 0 unspecified atom stereocenters. The number of hydrogen-bond acceptors (Lipinski definition) is 7. The summed E-state index contributed by atoms with van der Waals surface area (Å²) in [6.07, 6.45) is 5.33. The van der Waals surface area contributed by atoms with Crippen LogP contribution >= 0.6 is 0 Å². The van der Waals surface area contributed by atoms with Crippen molar-refractivity contribution in [3.05, 3.63) is 72.8 Å². The minimum atomic E-state index is 0.209. The van der Waals surface area contributed by atoms with E-state index in [1.165, 1.54) is 0 Å². The molecule has 1 aromatic carbocycles. The average Bonchev–Trinajstić information content (AvgIpc) is 3.44. The largest absolute Gasteiger partial charge is 0.368 e.